The summed E-state index contributed by atoms with van der Waals surface area (Å²) in [4.78, 5) is 14.4. The summed E-state index contributed by atoms with van der Waals surface area (Å²) >= 11 is 0. The zero-order valence-corrected chi connectivity index (χ0v) is 13.0. The molecule has 0 radical (unpaired) electrons. The van der Waals surface area contributed by atoms with Gasteiger partial charge in [0.25, 0.3) is 0 Å². The fourth-order valence-corrected chi connectivity index (χ4v) is 3.02. The quantitative estimate of drug-likeness (QED) is 0.733. The van der Waals surface area contributed by atoms with E-state index in [1.165, 1.54) is 12.8 Å². The van der Waals surface area contributed by atoms with E-state index in [9.17, 15) is 9.90 Å². The van der Waals surface area contributed by atoms with Crippen LogP contribution in [-0.2, 0) is 10.3 Å². The molecule has 0 bridgehead atoms. The van der Waals surface area contributed by atoms with Crippen molar-refractivity contribution in [2.75, 3.05) is 19.6 Å². The molecule has 21 heavy (non-hydrogen) atoms. The third kappa shape index (κ3) is 3.63. The van der Waals surface area contributed by atoms with Crippen LogP contribution in [0.25, 0.3) is 0 Å². The minimum atomic E-state index is -0.988. The van der Waals surface area contributed by atoms with Crippen molar-refractivity contribution in [2.45, 2.75) is 44.7 Å². The standard InChI is InChI=1S/C17H26N2O2/c1-3-18-17(16(20)21,14-8-6-5-7-9-14)12-13-19(4-2)15-10-11-15/h5-9,15,18H,3-4,10-13H2,1-2H3,(H,20,21). The lowest BCUT2D eigenvalue weighted by atomic mass is 9.86. The molecule has 0 amide bonds. The Morgan fingerprint density at radius 2 is 2.00 bits per heavy atom. The predicted molar refractivity (Wildman–Crippen MR) is 84.3 cm³/mol. The van der Waals surface area contributed by atoms with Crippen molar-refractivity contribution in [1.82, 2.24) is 10.2 Å². The van der Waals surface area contributed by atoms with Crippen LogP contribution in [0.4, 0.5) is 0 Å². The third-order valence-electron chi connectivity index (χ3n) is 4.35. The van der Waals surface area contributed by atoms with Crippen molar-refractivity contribution in [3.8, 4) is 0 Å². The van der Waals surface area contributed by atoms with Crippen LogP contribution in [0.2, 0.25) is 0 Å². The monoisotopic (exact) mass is 290 g/mol. The molecule has 1 aromatic carbocycles. The highest BCUT2D eigenvalue weighted by molar-refractivity contribution is 5.80. The molecular weight excluding hydrogens is 264 g/mol. The number of carboxylic acid groups (broad SMARTS) is 1. The van der Waals surface area contributed by atoms with Gasteiger partial charge in [0, 0.05) is 12.6 Å². The maximum atomic E-state index is 12.0. The van der Waals surface area contributed by atoms with Crippen LogP contribution in [0.15, 0.2) is 30.3 Å². The molecule has 1 atom stereocenters. The highest BCUT2D eigenvalue weighted by Crippen LogP contribution is 2.30. The molecular formula is C17H26N2O2. The van der Waals surface area contributed by atoms with Gasteiger partial charge >= 0.3 is 5.97 Å². The molecule has 2 rings (SSSR count). The van der Waals surface area contributed by atoms with Crippen LogP contribution in [0.5, 0.6) is 0 Å². The number of carbonyl (C=O) groups is 1. The van der Waals surface area contributed by atoms with E-state index in [4.69, 9.17) is 0 Å². The fourth-order valence-electron chi connectivity index (χ4n) is 3.02. The highest BCUT2D eigenvalue weighted by atomic mass is 16.4. The number of carboxylic acids is 1. The first-order valence-corrected chi connectivity index (χ1v) is 7.92. The van der Waals surface area contributed by atoms with Gasteiger partial charge in [-0.2, -0.15) is 0 Å². The van der Waals surface area contributed by atoms with Crippen LogP contribution >= 0.6 is 0 Å². The summed E-state index contributed by atoms with van der Waals surface area (Å²) in [5, 5.41) is 13.1. The lowest BCUT2D eigenvalue weighted by Gasteiger charge is -2.33. The second kappa shape index (κ2) is 7.05. The number of likely N-dealkylation sites (N-methyl/N-ethyl adjacent to an activating group) is 1. The molecule has 1 unspecified atom stereocenters. The molecule has 116 valence electrons. The smallest absolute Gasteiger partial charge is 0.328 e. The van der Waals surface area contributed by atoms with Gasteiger partial charge in [-0.25, -0.2) is 4.79 Å². The largest absolute Gasteiger partial charge is 0.480 e. The molecule has 1 saturated carbocycles. The number of aliphatic carboxylic acids is 1. The van der Waals surface area contributed by atoms with Gasteiger partial charge in [0.1, 0.15) is 5.54 Å². The number of hydrogen-bond acceptors (Lipinski definition) is 3. The van der Waals surface area contributed by atoms with Crippen LogP contribution in [0, 0.1) is 0 Å². The van der Waals surface area contributed by atoms with Gasteiger partial charge in [-0.3, -0.25) is 5.32 Å². The molecule has 4 heteroatoms. The van der Waals surface area contributed by atoms with E-state index in [2.05, 4.69) is 17.1 Å². The van der Waals surface area contributed by atoms with E-state index in [1.54, 1.807) is 0 Å². The van der Waals surface area contributed by atoms with E-state index < -0.39 is 11.5 Å². The Hall–Kier alpha value is -1.39. The molecule has 1 aliphatic carbocycles. The first kappa shape index (κ1) is 16.0. The molecule has 4 nitrogen and oxygen atoms in total. The average molecular weight is 290 g/mol. The Morgan fingerprint density at radius 1 is 1.33 bits per heavy atom. The van der Waals surface area contributed by atoms with Crippen LogP contribution in [-0.4, -0.2) is 41.7 Å². The maximum Gasteiger partial charge on any atom is 0.328 e. The zero-order valence-electron chi connectivity index (χ0n) is 13.0. The normalized spacial score (nSPS) is 17.7. The molecule has 1 fully saturated rings. The lowest BCUT2D eigenvalue weighted by Crippen LogP contribution is -2.51. The van der Waals surface area contributed by atoms with Gasteiger partial charge < -0.3 is 10.0 Å². The van der Waals surface area contributed by atoms with Gasteiger partial charge in [0.2, 0.25) is 0 Å². The van der Waals surface area contributed by atoms with Crippen molar-refractivity contribution >= 4 is 5.97 Å². The molecule has 1 aromatic rings. The second-order valence-corrected chi connectivity index (χ2v) is 5.72. The van der Waals surface area contributed by atoms with Gasteiger partial charge in [-0.1, -0.05) is 44.2 Å². The molecule has 2 N–H and O–H groups in total. The van der Waals surface area contributed by atoms with E-state index >= 15 is 0 Å². The summed E-state index contributed by atoms with van der Waals surface area (Å²) in [7, 11) is 0. The fraction of sp³-hybridized carbons (Fsp3) is 0.588. The first-order valence-electron chi connectivity index (χ1n) is 7.92. The number of nitrogens with zero attached hydrogens (tertiary/aromatic N) is 1. The van der Waals surface area contributed by atoms with Crippen molar-refractivity contribution in [3.05, 3.63) is 35.9 Å². The zero-order chi connectivity index (χ0) is 15.3. The van der Waals surface area contributed by atoms with Crippen LogP contribution in [0.3, 0.4) is 0 Å². The molecule has 0 aromatic heterocycles. The molecule has 0 aliphatic heterocycles. The van der Waals surface area contributed by atoms with Gasteiger partial charge in [-0.15, -0.1) is 0 Å². The van der Waals surface area contributed by atoms with Crippen LogP contribution < -0.4 is 5.32 Å². The number of rotatable bonds is 9. The van der Waals surface area contributed by atoms with Crippen molar-refractivity contribution in [1.29, 1.82) is 0 Å². The Bertz CT molecular complexity index is 459. The maximum absolute atomic E-state index is 12.0. The first-order chi connectivity index (χ1) is 10.1. The van der Waals surface area contributed by atoms with Crippen LogP contribution in [0.1, 0.15) is 38.7 Å². The van der Waals surface area contributed by atoms with Gasteiger partial charge in [0.15, 0.2) is 0 Å². The second-order valence-electron chi connectivity index (χ2n) is 5.72. The Kier molecular flexibility index (Phi) is 5.37. The highest BCUT2D eigenvalue weighted by Gasteiger charge is 2.40. The predicted octanol–water partition coefficient (Wildman–Crippen LogP) is 2.45. The molecule has 0 heterocycles. The summed E-state index contributed by atoms with van der Waals surface area (Å²) < 4.78 is 0. The van der Waals surface area contributed by atoms with Gasteiger partial charge in [0.05, 0.1) is 0 Å². The SMILES string of the molecule is CCNC(CCN(CC)C1CC1)(C(=O)O)c1ccccc1. The molecule has 0 spiro atoms. The number of hydrogen-bond donors (Lipinski definition) is 2. The van der Waals surface area contributed by atoms with E-state index in [0.29, 0.717) is 19.0 Å². The molecule has 0 saturated heterocycles. The minimum Gasteiger partial charge on any atom is -0.480 e. The van der Waals surface area contributed by atoms with Gasteiger partial charge in [-0.05, 0) is 37.9 Å². The number of nitrogens with one attached hydrogen (secondary N) is 1. The van der Waals surface area contributed by atoms with E-state index in [0.717, 1.165) is 18.7 Å². The summed E-state index contributed by atoms with van der Waals surface area (Å²) in [5.41, 5.74) is -0.149. The van der Waals surface area contributed by atoms with E-state index in [1.807, 2.05) is 37.3 Å². The summed E-state index contributed by atoms with van der Waals surface area (Å²) in [6.45, 7) is 6.54. The van der Waals surface area contributed by atoms with Crippen molar-refractivity contribution < 1.29 is 9.90 Å². The average Bonchev–Trinajstić information content (AvgIpc) is 3.32. The summed E-state index contributed by atoms with van der Waals surface area (Å²) in [6.07, 6.45) is 3.09. The Morgan fingerprint density at radius 3 is 2.48 bits per heavy atom. The van der Waals surface area contributed by atoms with E-state index in [-0.39, 0.29) is 0 Å². The van der Waals surface area contributed by atoms with Crippen molar-refractivity contribution in [2.24, 2.45) is 0 Å². The molecule has 1 aliphatic rings. The topological polar surface area (TPSA) is 52.6 Å². The van der Waals surface area contributed by atoms with Crippen molar-refractivity contribution in [3.63, 3.8) is 0 Å². The minimum absolute atomic E-state index is 0.588. The Labute approximate surface area is 127 Å². The summed E-state index contributed by atoms with van der Waals surface area (Å²) in [5.74, 6) is -0.789. The number of benzene rings is 1. The lowest BCUT2D eigenvalue weighted by molar-refractivity contribution is -0.146. The summed E-state index contributed by atoms with van der Waals surface area (Å²) in [6, 6.07) is 10.2. The third-order valence-corrected chi connectivity index (χ3v) is 4.35. The Balaban J connectivity index is 2.20.